The van der Waals surface area contributed by atoms with E-state index in [1.165, 1.54) is 0 Å². The molecule has 6 N–H and O–H groups in total. The molecule has 4 nitrogen and oxygen atoms in total. The minimum atomic E-state index is -6.16. The Morgan fingerprint density at radius 1 is 0.545 bits per heavy atom. The molecular weight excluding hydrogens is 471 g/mol. The Kier molecular flexibility index (Phi) is 5.27. The van der Waals surface area contributed by atoms with Crippen LogP contribution >= 0.6 is 0 Å². The Balaban J connectivity index is 2.32. The standard InChI is InChI=1S/C20H15F9N2O2/c1-16(32,18(21,22)23)12-4-8-2-11-7-15(31)13(5-9(11)3-10(8)6-14(12)30)17(33,19(24,25)26)20(27,28)29/h2-7,32-33H,30-31H2,1H3. The zero-order chi connectivity index (χ0) is 25.4. The smallest absolute Gasteiger partial charge is 0.398 e. The largest absolute Gasteiger partial charge is 0.430 e. The van der Waals surface area contributed by atoms with Crippen molar-refractivity contribution in [2.45, 2.75) is 36.7 Å². The minimum absolute atomic E-state index is 0.0298. The number of alkyl halides is 9. The van der Waals surface area contributed by atoms with Crippen LogP contribution in [-0.2, 0) is 11.2 Å². The summed E-state index contributed by atoms with van der Waals surface area (Å²) in [6, 6.07) is 5.25. The molecule has 0 bridgehead atoms. The van der Waals surface area contributed by atoms with Crippen molar-refractivity contribution >= 4 is 32.9 Å². The van der Waals surface area contributed by atoms with Gasteiger partial charge in [-0.05, 0) is 64.9 Å². The van der Waals surface area contributed by atoms with E-state index in [9.17, 15) is 49.7 Å². The molecule has 0 spiro atoms. The van der Waals surface area contributed by atoms with Gasteiger partial charge in [-0.3, -0.25) is 0 Å². The molecule has 13 heteroatoms. The number of anilines is 2. The Bertz CT molecular complexity index is 1230. The predicted molar refractivity (Wildman–Crippen MR) is 102 cm³/mol. The number of hydrogen-bond donors (Lipinski definition) is 4. The lowest BCUT2D eigenvalue weighted by Crippen LogP contribution is -2.54. The molecule has 0 radical (unpaired) electrons. The summed E-state index contributed by atoms with van der Waals surface area (Å²) >= 11 is 0. The molecule has 0 aliphatic carbocycles. The fourth-order valence-electron chi connectivity index (χ4n) is 3.49. The van der Waals surface area contributed by atoms with Crippen molar-refractivity contribution in [3.05, 3.63) is 47.5 Å². The van der Waals surface area contributed by atoms with Crippen molar-refractivity contribution < 1.29 is 49.7 Å². The molecule has 1 atom stereocenters. The third-order valence-corrected chi connectivity index (χ3v) is 5.42. The van der Waals surface area contributed by atoms with Crippen LogP contribution in [-0.4, -0.2) is 28.7 Å². The van der Waals surface area contributed by atoms with E-state index in [-0.39, 0.29) is 21.5 Å². The van der Waals surface area contributed by atoms with Gasteiger partial charge in [0.05, 0.1) is 0 Å². The van der Waals surface area contributed by atoms with Gasteiger partial charge in [0.25, 0.3) is 5.60 Å². The van der Waals surface area contributed by atoms with Gasteiger partial charge in [0.1, 0.15) is 0 Å². The molecule has 0 fully saturated rings. The maximum absolute atomic E-state index is 13.3. The van der Waals surface area contributed by atoms with Crippen molar-refractivity contribution in [1.82, 2.24) is 0 Å². The highest BCUT2D eigenvalue weighted by molar-refractivity contribution is 6.01. The van der Waals surface area contributed by atoms with Crippen LogP contribution in [0, 0.1) is 0 Å². The lowest BCUT2D eigenvalue weighted by molar-refractivity contribution is -0.375. The molecule has 0 saturated carbocycles. The first-order valence-electron chi connectivity index (χ1n) is 8.94. The molecule has 0 aromatic heterocycles. The molecule has 1 unspecified atom stereocenters. The second-order valence-corrected chi connectivity index (χ2v) is 7.70. The molecule has 0 heterocycles. The van der Waals surface area contributed by atoms with Crippen LogP contribution in [0.3, 0.4) is 0 Å². The Hall–Kier alpha value is -2.93. The molecule has 0 amide bonds. The molecule has 0 aliphatic heterocycles. The van der Waals surface area contributed by atoms with E-state index in [0.717, 1.165) is 30.3 Å². The summed E-state index contributed by atoms with van der Waals surface area (Å²) in [6.45, 7) is 0.477. The van der Waals surface area contributed by atoms with Gasteiger partial charge in [-0.2, -0.15) is 39.5 Å². The van der Waals surface area contributed by atoms with Crippen molar-refractivity contribution in [3.63, 3.8) is 0 Å². The van der Waals surface area contributed by atoms with Crippen molar-refractivity contribution in [3.8, 4) is 0 Å². The van der Waals surface area contributed by atoms with Crippen LogP contribution in [0.25, 0.3) is 21.5 Å². The van der Waals surface area contributed by atoms with Gasteiger partial charge in [0, 0.05) is 22.5 Å². The van der Waals surface area contributed by atoms with Crippen LogP contribution in [0.5, 0.6) is 0 Å². The molecule has 3 aromatic rings. The molecule has 33 heavy (non-hydrogen) atoms. The van der Waals surface area contributed by atoms with Crippen molar-refractivity contribution in [2.75, 3.05) is 11.5 Å². The number of aliphatic hydroxyl groups is 2. The van der Waals surface area contributed by atoms with Gasteiger partial charge in [0.15, 0.2) is 5.60 Å². The number of rotatable bonds is 2. The lowest BCUT2D eigenvalue weighted by Gasteiger charge is -2.33. The quantitative estimate of drug-likeness (QED) is 0.227. The summed E-state index contributed by atoms with van der Waals surface area (Å²) < 4.78 is 119. The molecule has 3 rings (SSSR count). The minimum Gasteiger partial charge on any atom is -0.398 e. The first-order valence-corrected chi connectivity index (χ1v) is 8.94. The van der Waals surface area contributed by atoms with Crippen LogP contribution in [0.2, 0.25) is 0 Å². The first-order chi connectivity index (χ1) is 14.7. The molecule has 3 aromatic carbocycles. The van der Waals surface area contributed by atoms with Crippen LogP contribution in [0.4, 0.5) is 50.9 Å². The Morgan fingerprint density at radius 2 is 0.879 bits per heavy atom. The first kappa shape index (κ1) is 24.7. The molecule has 0 saturated heterocycles. The van der Waals surface area contributed by atoms with Crippen molar-refractivity contribution in [1.29, 1.82) is 0 Å². The average Bonchev–Trinajstić information content (AvgIpc) is 2.62. The van der Waals surface area contributed by atoms with E-state index in [4.69, 9.17) is 11.5 Å². The van der Waals surface area contributed by atoms with E-state index in [1.54, 1.807) is 0 Å². The maximum atomic E-state index is 13.3. The van der Waals surface area contributed by atoms with Gasteiger partial charge in [-0.1, -0.05) is 0 Å². The fraction of sp³-hybridized carbons (Fsp3) is 0.300. The number of nitrogens with two attached hydrogens (primary N) is 2. The van der Waals surface area contributed by atoms with E-state index >= 15 is 0 Å². The second kappa shape index (κ2) is 7.03. The second-order valence-electron chi connectivity index (χ2n) is 7.70. The van der Waals surface area contributed by atoms with Crippen LogP contribution in [0.15, 0.2) is 36.4 Å². The highest BCUT2D eigenvalue weighted by atomic mass is 19.4. The van der Waals surface area contributed by atoms with E-state index in [1.807, 2.05) is 0 Å². The number of nitrogen functional groups attached to an aromatic ring is 2. The summed E-state index contributed by atoms with van der Waals surface area (Å²) in [5.74, 6) is 0. The lowest BCUT2D eigenvalue weighted by atomic mass is 9.87. The summed E-state index contributed by atoms with van der Waals surface area (Å²) in [7, 11) is 0. The Labute approximate surface area is 179 Å². The predicted octanol–water partition coefficient (Wildman–Crippen LogP) is 5.24. The van der Waals surface area contributed by atoms with Gasteiger partial charge in [0.2, 0.25) is 0 Å². The van der Waals surface area contributed by atoms with Gasteiger partial charge in [-0.25, -0.2) is 0 Å². The Morgan fingerprint density at radius 3 is 1.24 bits per heavy atom. The topological polar surface area (TPSA) is 92.5 Å². The van der Waals surface area contributed by atoms with Gasteiger partial charge < -0.3 is 21.7 Å². The number of benzene rings is 3. The van der Waals surface area contributed by atoms with Crippen molar-refractivity contribution in [2.24, 2.45) is 0 Å². The zero-order valence-corrected chi connectivity index (χ0v) is 16.4. The van der Waals surface area contributed by atoms with E-state index in [2.05, 4.69) is 0 Å². The normalized spacial score (nSPS) is 15.8. The number of fused-ring (bicyclic) bond motifs is 2. The van der Waals surface area contributed by atoms with E-state index in [0.29, 0.717) is 13.0 Å². The summed E-state index contributed by atoms with van der Waals surface area (Å²) in [6.07, 6.45) is -17.4. The summed E-state index contributed by atoms with van der Waals surface area (Å²) in [5.41, 5.74) is -1.45. The van der Waals surface area contributed by atoms with Gasteiger partial charge in [-0.15, -0.1) is 0 Å². The van der Waals surface area contributed by atoms with E-state index < -0.39 is 52.2 Å². The highest BCUT2D eigenvalue weighted by Gasteiger charge is 2.72. The summed E-state index contributed by atoms with van der Waals surface area (Å²) in [5, 5.41) is 19.4. The van der Waals surface area contributed by atoms with Crippen LogP contribution in [0.1, 0.15) is 18.1 Å². The number of halogens is 9. The SMILES string of the molecule is CC(O)(c1cc2cc3cc(N)c(C(O)(C(F)(F)F)C(F)(F)F)cc3cc2cc1N)C(F)(F)F. The zero-order valence-electron chi connectivity index (χ0n) is 16.4. The fourth-order valence-corrected chi connectivity index (χ4v) is 3.49. The molecule has 0 aliphatic rings. The molecule has 180 valence electrons. The third kappa shape index (κ3) is 3.68. The van der Waals surface area contributed by atoms with Gasteiger partial charge >= 0.3 is 18.5 Å². The summed E-state index contributed by atoms with van der Waals surface area (Å²) in [4.78, 5) is 0. The van der Waals surface area contributed by atoms with Crippen LogP contribution < -0.4 is 11.5 Å². The highest BCUT2D eigenvalue weighted by Crippen LogP contribution is 2.52. The molecular formula is C20H15F9N2O2. The third-order valence-electron chi connectivity index (χ3n) is 5.42. The monoisotopic (exact) mass is 486 g/mol. The maximum Gasteiger partial charge on any atom is 0.430 e. The number of hydrogen-bond acceptors (Lipinski definition) is 4. The average molecular weight is 486 g/mol.